The predicted molar refractivity (Wildman–Crippen MR) is 40.2 cm³/mol. The molecule has 0 aromatic carbocycles. The molecule has 1 aliphatic rings. The largest absolute Gasteiger partial charge is 0.369 e. The fourth-order valence-electron chi connectivity index (χ4n) is 1.68. The summed E-state index contributed by atoms with van der Waals surface area (Å²) in [5.74, 6) is 1.26. The third kappa shape index (κ3) is 1.15. The molecule has 0 aromatic rings. The SMILES string of the molecule is CC(C)[C@@H]1CC[C@@H]1C(N)=O. The van der Waals surface area contributed by atoms with Crippen LogP contribution >= 0.6 is 0 Å². The topological polar surface area (TPSA) is 43.1 Å². The molecule has 2 atom stereocenters. The van der Waals surface area contributed by atoms with Gasteiger partial charge in [-0.25, -0.2) is 0 Å². The van der Waals surface area contributed by atoms with Gasteiger partial charge in [0.05, 0.1) is 0 Å². The highest BCUT2D eigenvalue weighted by molar-refractivity contribution is 5.77. The van der Waals surface area contributed by atoms with Crippen molar-refractivity contribution in [3.05, 3.63) is 0 Å². The fraction of sp³-hybridized carbons (Fsp3) is 0.875. The summed E-state index contributed by atoms with van der Waals surface area (Å²) < 4.78 is 0. The molecule has 2 heteroatoms. The number of amides is 1. The van der Waals surface area contributed by atoms with Crippen molar-refractivity contribution in [2.45, 2.75) is 26.7 Å². The molecule has 1 amide bonds. The lowest BCUT2D eigenvalue weighted by atomic mass is 9.68. The second-order valence-electron chi connectivity index (χ2n) is 3.49. The summed E-state index contributed by atoms with van der Waals surface area (Å²) in [6.45, 7) is 4.31. The van der Waals surface area contributed by atoms with E-state index in [9.17, 15) is 4.79 Å². The Bertz CT molecular complexity index is 142. The molecule has 58 valence electrons. The summed E-state index contributed by atoms with van der Waals surface area (Å²) in [6.07, 6.45) is 2.20. The van der Waals surface area contributed by atoms with E-state index in [1.165, 1.54) is 6.42 Å². The van der Waals surface area contributed by atoms with Crippen LogP contribution in [0.15, 0.2) is 0 Å². The molecule has 0 aliphatic heterocycles. The second-order valence-corrected chi connectivity index (χ2v) is 3.49. The molecule has 2 N–H and O–H groups in total. The van der Waals surface area contributed by atoms with Crippen molar-refractivity contribution in [2.75, 3.05) is 0 Å². The molecule has 1 aliphatic carbocycles. The Labute approximate surface area is 61.8 Å². The van der Waals surface area contributed by atoms with Gasteiger partial charge >= 0.3 is 0 Å². The van der Waals surface area contributed by atoms with Crippen molar-refractivity contribution in [2.24, 2.45) is 23.5 Å². The van der Waals surface area contributed by atoms with Crippen LogP contribution < -0.4 is 5.73 Å². The zero-order valence-corrected chi connectivity index (χ0v) is 6.63. The van der Waals surface area contributed by atoms with Crippen molar-refractivity contribution in [1.29, 1.82) is 0 Å². The van der Waals surface area contributed by atoms with Crippen LogP contribution in [0.5, 0.6) is 0 Å². The molecule has 0 radical (unpaired) electrons. The van der Waals surface area contributed by atoms with Gasteiger partial charge < -0.3 is 5.73 Å². The molecule has 0 aromatic heterocycles. The first kappa shape index (κ1) is 7.58. The van der Waals surface area contributed by atoms with E-state index < -0.39 is 0 Å². The first-order valence-electron chi connectivity index (χ1n) is 3.92. The van der Waals surface area contributed by atoms with Gasteiger partial charge in [0.2, 0.25) is 5.91 Å². The van der Waals surface area contributed by atoms with E-state index in [0.717, 1.165) is 6.42 Å². The Morgan fingerprint density at radius 3 is 2.20 bits per heavy atom. The van der Waals surface area contributed by atoms with Crippen molar-refractivity contribution >= 4 is 5.91 Å². The molecular weight excluding hydrogens is 126 g/mol. The quantitative estimate of drug-likeness (QED) is 0.616. The van der Waals surface area contributed by atoms with E-state index in [1.54, 1.807) is 0 Å². The molecule has 0 bridgehead atoms. The summed E-state index contributed by atoms with van der Waals surface area (Å²) in [7, 11) is 0. The Hall–Kier alpha value is -0.530. The van der Waals surface area contributed by atoms with E-state index in [0.29, 0.717) is 11.8 Å². The molecule has 1 saturated carbocycles. The second kappa shape index (κ2) is 2.60. The Kier molecular flexibility index (Phi) is 1.97. The maximum Gasteiger partial charge on any atom is 0.220 e. The molecule has 1 fully saturated rings. The lowest BCUT2D eigenvalue weighted by molar-refractivity contribution is -0.128. The maximum atomic E-state index is 10.7. The summed E-state index contributed by atoms with van der Waals surface area (Å²) >= 11 is 0. The normalized spacial score (nSPS) is 31.9. The van der Waals surface area contributed by atoms with Crippen LogP contribution in [-0.4, -0.2) is 5.91 Å². The van der Waals surface area contributed by atoms with Gasteiger partial charge in [0, 0.05) is 5.92 Å². The number of hydrogen-bond acceptors (Lipinski definition) is 1. The third-order valence-electron chi connectivity index (χ3n) is 2.55. The highest BCUT2D eigenvalue weighted by Crippen LogP contribution is 2.38. The van der Waals surface area contributed by atoms with Crippen molar-refractivity contribution in [3.63, 3.8) is 0 Å². The average Bonchev–Trinajstić information content (AvgIpc) is 1.56. The van der Waals surface area contributed by atoms with Crippen LogP contribution in [0.3, 0.4) is 0 Å². The molecule has 1 rings (SSSR count). The van der Waals surface area contributed by atoms with Crippen LogP contribution in [0.25, 0.3) is 0 Å². The minimum atomic E-state index is -0.107. The Morgan fingerprint density at radius 1 is 1.50 bits per heavy atom. The molecule has 2 nitrogen and oxygen atoms in total. The smallest absolute Gasteiger partial charge is 0.220 e. The number of hydrogen-bond donors (Lipinski definition) is 1. The zero-order valence-electron chi connectivity index (χ0n) is 6.63. The van der Waals surface area contributed by atoms with E-state index >= 15 is 0 Å². The third-order valence-corrected chi connectivity index (χ3v) is 2.55. The molecule has 0 unspecified atom stereocenters. The summed E-state index contributed by atoms with van der Waals surface area (Å²) in [4.78, 5) is 10.7. The van der Waals surface area contributed by atoms with Gasteiger partial charge in [0.1, 0.15) is 0 Å². The zero-order chi connectivity index (χ0) is 7.72. The highest BCUT2D eigenvalue weighted by atomic mass is 16.1. The summed E-state index contributed by atoms with van der Waals surface area (Å²) in [6, 6.07) is 0. The molecule has 0 saturated heterocycles. The number of primary amides is 1. The van der Waals surface area contributed by atoms with Gasteiger partial charge in [-0.1, -0.05) is 13.8 Å². The molecule has 0 spiro atoms. The molecule has 10 heavy (non-hydrogen) atoms. The minimum Gasteiger partial charge on any atom is -0.369 e. The first-order chi connectivity index (χ1) is 4.63. The number of carbonyl (C=O) groups is 1. The lowest BCUT2D eigenvalue weighted by Crippen LogP contribution is -2.39. The van der Waals surface area contributed by atoms with Crippen molar-refractivity contribution in [1.82, 2.24) is 0 Å². The van der Waals surface area contributed by atoms with Gasteiger partial charge in [0.15, 0.2) is 0 Å². The van der Waals surface area contributed by atoms with Crippen LogP contribution in [0.2, 0.25) is 0 Å². The summed E-state index contributed by atoms with van der Waals surface area (Å²) in [5, 5.41) is 0. The van der Waals surface area contributed by atoms with Gasteiger partial charge in [-0.3, -0.25) is 4.79 Å². The molecular formula is C8H15NO. The van der Waals surface area contributed by atoms with Crippen LogP contribution in [0, 0.1) is 17.8 Å². The summed E-state index contributed by atoms with van der Waals surface area (Å²) in [5.41, 5.74) is 5.19. The van der Waals surface area contributed by atoms with Gasteiger partial charge in [-0.05, 0) is 24.7 Å². The fourth-order valence-corrected chi connectivity index (χ4v) is 1.68. The van der Waals surface area contributed by atoms with E-state index in [-0.39, 0.29) is 11.8 Å². The van der Waals surface area contributed by atoms with Crippen molar-refractivity contribution in [3.8, 4) is 0 Å². The number of carbonyl (C=O) groups excluding carboxylic acids is 1. The lowest BCUT2D eigenvalue weighted by Gasteiger charge is -2.37. The van der Waals surface area contributed by atoms with Gasteiger partial charge in [-0.15, -0.1) is 0 Å². The van der Waals surface area contributed by atoms with E-state index in [4.69, 9.17) is 5.73 Å². The van der Waals surface area contributed by atoms with Gasteiger partial charge in [-0.2, -0.15) is 0 Å². The highest BCUT2D eigenvalue weighted by Gasteiger charge is 2.36. The van der Waals surface area contributed by atoms with Crippen LogP contribution in [-0.2, 0) is 4.79 Å². The van der Waals surface area contributed by atoms with Crippen molar-refractivity contribution < 1.29 is 4.79 Å². The minimum absolute atomic E-state index is 0.107. The Morgan fingerprint density at radius 2 is 2.10 bits per heavy atom. The monoisotopic (exact) mass is 141 g/mol. The predicted octanol–water partition coefficient (Wildman–Crippen LogP) is 1.15. The van der Waals surface area contributed by atoms with Gasteiger partial charge in [0.25, 0.3) is 0 Å². The van der Waals surface area contributed by atoms with Crippen LogP contribution in [0.4, 0.5) is 0 Å². The van der Waals surface area contributed by atoms with E-state index in [2.05, 4.69) is 13.8 Å². The van der Waals surface area contributed by atoms with E-state index in [1.807, 2.05) is 0 Å². The average molecular weight is 141 g/mol. The van der Waals surface area contributed by atoms with Crippen LogP contribution in [0.1, 0.15) is 26.7 Å². The Balaban J connectivity index is 2.43. The number of nitrogens with two attached hydrogens (primary N) is 1. The molecule has 0 heterocycles. The number of rotatable bonds is 2. The first-order valence-corrected chi connectivity index (χ1v) is 3.92. The standard InChI is InChI=1S/C8H15NO/c1-5(2)6-3-4-7(6)8(9)10/h5-7H,3-4H2,1-2H3,(H2,9,10)/t6-,7-/m0/s1. The maximum absolute atomic E-state index is 10.7.